The van der Waals surface area contributed by atoms with Gasteiger partial charge in [0.25, 0.3) is 0 Å². The third-order valence-electron chi connectivity index (χ3n) is 3.53. The van der Waals surface area contributed by atoms with Gasteiger partial charge < -0.3 is 5.32 Å². The minimum Gasteiger partial charge on any atom is -0.310 e. The Labute approximate surface area is 94.4 Å². The van der Waals surface area contributed by atoms with Crippen molar-refractivity contribution in [1.29, 1.82) is 0 Å². The highest BCUT2D eigenvalue weighted by Crippen LogP contribution is 2.17. The Kier molecular flexibility index (Phi) is 4.63. The van der Waals surface area contributed by atoms with E-state index in [0.717, 1.165) is 32.5 Å². The Morgan fingerprint density at radius 1 is 1.53 bits per heavy atom. The molecule has 0 saturated carbocycles. The summed E-state index contributed by atoms with van der Waals surface area (Å²) in [5.74, 6) is 2.91. The molecular weight excluding hydrogens is 184 g/mol. The standard InChI is InChI=1S/C13H24N2/c1-5-12(6-2)15-10-8-9-14-13(4,7-3)11-15/h1,12,14H,6-11H2,2-4H3. The van der Waals surface area contributed by atoms with Crippen LogP contribution in [0.4, 0.5) is 0 Å². The fourth-order valence-corrected chi connectivity index (χ4v) is 2.24. The highest BCUT2D eigenvalue weighted by molar-refractivity contribution is 5.02. The van der Waals surface area contributed by atoms with E-state index in [9.17, 15) is 0 Å². The van der Waals surface area contributed by atoms with Gasteiger partial charge >= 0.3 is 0 Å². The van der Waals surface area contributed by atoms with E-state index < -0.39 is 0 Å². The Hall–Kier alpha value is -0.520. The molecule has 15 heavy (non-hydrogen) atoms. The summed E-state index contributed by atoms with van der Waals surface area (Å²) in [6, 6.07) is 0.316. The van der Waals surface area contributed by atoms with Crippen LogP contribution in [0, 0.1) is 12.3 Å². The predicted molar refractivity (Wildman–Crippen MR) is 65.8 cm³/mol. The largest absolute Gasteiger partial charge is 0.310 e. The van der Waals surface area contributed by atoms with Crippen molar-refractivity contribution in [3.63, 3.8) is 0 Å². The van der Waals surface area contributed by atoms with E-state index in [4.69, 9.17) is 6.42 Å². The van der Waals surface area contributed by atoms with Gasteiger partial charge in [0, 0.05) is 18.6 Å². The molecule has 1 rings (SSSR count). The first-order valence-electron chi connectivity index (χ1n) is 6.10. The molecule has 1 N–H and O–H groups in total. The first kappa shape index (κ1) is 12.5. The van der Waals surface area contributed by atoms with Crippen LogP contribution in [0.2, 0.25) is 0 Å². The van der Waals surface area contributed by atoms with Gasteiger partial charge in [-0.05, 0) is 32.7 Å². The van der Waals surface area contributed by atoms with Crippen LogP contribution in [0.1, 0.15) is 40.0 Å². The summed E-state index contributed by atoms with van der Waals surface area (Å²) in [7, 11) is 0. The smallest absolute Gasteiger partial charge is 0.0709 e. The summed E-state index contributed by atoms with van der Waals surface area (Å²) >= 11 is 0. The summed E-state index contributed by atoms with van der Waals surface area (Å²) in [5, 5.41) is 3.63. The third-order valence-corrected chi connectivity index (χ3v) is 3.53. The summed E-state index contributed by atoms with van der Waals surface area (Å²) in [6.07, 6.45) is 8.99. The monoisotopic (exact) mass is 208 g/mol. The molecule has 0 radical (unpaired) electrons. The molecule has 2 unspecified atom stereocenters. The summed E-state index contributed by atoms with van der Waals surface area (Å²) in [4.78, 5) is 2.46. The first-order chi connectivity index (χ1) is 7.15. The normalized spacial score (nSPS) is 30.5. The zero-order chi connectivity index (χ0) is 11.3. The van der Waals surface area contributed by atoms with Crippen LogP contribution in [0.5, 0.6) is 0 Å². The van der Waals surface area contributed by atoms with E-state index in [1.807, 2.05) is 0 Å². The number of nitrogens with zero attached hydrogens (tertiary/aromatic N) is 1. The van der Waals surface area contributed by atoms with Gasteiger partial charge in [-0.1, -0.05) is 19.8 Å². The quantitative estimate of drug-likeness (QED) is 0.712. The lowest BCUT2D eigenvalue weighted by molar-refractivity contribution is 0.185. The van der Waals surface area contributed by atoms with E-state index in [-0.39, 0.29) is 5.54 Å². The van der Waals surface area contributed by atoms with Crippen LogP contribution in [0.3, 0.4) is 0 Å². The number of terminal acetylenes is 1. The highest BCUT2D eigenvalue weighted by Gasteiger charge is 2.29. The van der Waals surface area contributed by atoms with Crippen molar-refractivity contribution in [3.05, 3.63) is 0 Å². The van der Waals surface area contributed by atoms with E-state index in [2.05, 4.69) is 36.9 Å². The zero-order valence-corrected chi connectivity index (χ0v) is 10.3. The molecule has 1 saturated heterocycles. The molecule has 0 spiro atoms. The summed E-state index contributed by atoms with van der Waals surface area (Å²) in [6.45, 7) is 10.0. The molecule has 0 aromatic heterocycles. The molecule has 2 nitrogen and oxygen atoms in total. The highest BCUT2D eigenvalue weighted by atomic mass is 15.2. The van der Waals surface area contributed by atoms with Gasteiger partial charge in [0.15, 0.2) is 0 Å². The van der Waals surface area contributed by atoms with Crippen LogP contribution in [-0.4, -0.2) is 36.1 Å². The second-order valence-corrected chi connectivity index (χ2v) is 4.76. The molecule has 0 bridgehead atoms. The van der Waals surface area contributed by atoms with Crippen LogP contribution in [0.15, 0.2) is 0 Å². The van der Waals surface area contributed by atoms with E-state index in [0.29, 0.717) is 6.04 Å². The molecular formula is C13H24N2. The molecule has 0 aromatic carbocycles. The molecule has 1 aliphatic heterocycles. The number of hydrogen-bond donors (Lipinski definition) is 1. The SMILES string of the molecule is C#CC(CC)N1CCCNC(C)(CC)C1. The fraction of sp³-hybridized carbons (Fsp3) is 0.846. The number of nitrogens with one attached hydrogen (secondary N) is 1. The molecule has 1 heterocycles. The summed E-state index contributed by atoms with van der Waals surface area (Å²) in [5.41, 5.74) is 0.237. The van der Waals surface area contributed by atoms with Gasteiger partial charge in [-0.2, -0.15) is 0 Å². The topological polar surface area (TPSA) is 15.3 Å². The third kappa shape index (κ3) is 3.22. The maximum atomic E-state index is 5.58. The molecule has 0 aliphatic carbocycles. The lowest BCUT2D eigenvalue weighted by Gasteiger charge is -2.35. The van der Waals surface area contributed by atoms with E-state index in [1.165, 1.54) is 6.42 Å². The fourth-order valence-electron chi connectivity index (χ4n) is 2.24. The van der Waals surface area contributed by atoms with E-state index >= 15 is 0 Å². The Morgan fingerprint density at radius 3 is 2.80 bits per heavy atom. The second-order valence-electron chi connectivity index (χ2n) is 4.76. The van der Waals surface area contributed by atoms with Crippen molar-refractivity contribution in [2.75, 3.05) is 19.6 Å². The first-order valence-corrected chi connectivity index (χ1v) is 6.10. The minimum atomic E-state index is 0.237. The maximum absolute atomic E-state index is 5.58. The van der Waals surface area contributed by atoms with E-state index in [1.54, 1.807) is 0 Å². The molecule has 0 amide bonds. The molecule has 2 atom stereocenters. The molecule has 2 heteroatoms. The van der Waals surface area contributed by atoms with Crippen molar-refractivity contribution >= 4 is 0 Å². The van der Waals surface area contributed by atoms with Crippen LogP contribution in [-0.2, 0) is 0 Å². The Balaban J connectivity index is 2.69. The molecule has 0 aromatic rings. The Bertz CT molecular complexity index is 231. The maximum Gasteiger partial charge on any atom is 0.0709 e. The van der Waals surface area contributed by atoms with Gasteiger partial charge in [-0.15, -0.1) is 6.42 Å². The van der Waals surface area contributed by atoms with Crippen LogP contribution >= 0.6 is 0 Å². The molecule has 86 valence electrons. The molecule has 1 aliphatic rings. The summed E-state index contributed by atoms with van der Waals surface area (Å²) < 4.78 is 0. The number of rotatable bonds is 3. The van der Waals surface area contributed by atoms with Crippen molar-refractivity contribution in [2.45, 2.75) is 51.6 Å². The van der Waals surface area contributed by atoms with Crippen molar-refractivity contribution in [1.82, 2.24) is 10.2 Å². The van der Waals surface area contributed by atoms with Gasteiger partial charge in [-0.25, -0.2) is 0 Å². The van der Waals surface area contributed by atoms with Crippen molar-refractivity contribution in [2.24, 2.45) is 0 Å². The van der Waals surface area contributed by atoms with Gasteiger partial charge in [0.2, 0.25) is 0 Å². The predicted octanol–water partition coefficient (Wildman–Crippen LogP) is 1.86. The lowest BCUT2D eigenvalue weighted by Crippen LogP contribution is -2.50. The Morgan fingerprint density at radius 2 is 2.27 bits per heavy atom. The number of hydrogen-bond acceptors (Lipinski definition) is 2. The van der Waals surface area contributed by atoms with Crippen molar-refractivity contribution < 1.29 is 0 Å². The molecule has 1 fully saturated rings. The van der Waals surface area contributed by atoms with Crippen LogP contribution < -0.4 is 5.32 Å². The minimum absolute atomic E-state index is 0.237. The zero-order valence-electron chi connectivity index (χ0n) is 10.3. The van der Waals surface area contributed by atoms with Crippen molar-refractivity contribution in [3.8, 4) is 12.3 Å². The van der Waals surface area contributed by atoms with Gasteiger partial charge in [-0.3, -0.25) is 4.90 Å². The average Bonchev–Trinajstić information content (AvgIpc) is 2.43. The average molecular weight is 208 g/mol. The van der Waals surface area contributed by atoms with Gasteiger partial charge in [0.05, 0.1) is 6.04 Å². The van der Waals surface area contributed by atoms with Crippen LogP contribution in [0.25, 0.3) is 0 Å². The van der Waals surface area contributed by atoms with Gasteiger partial charge in [0.1, 0.15) is 0 Å². The lowest BCUT2D eigenvalue weighted by atomic mass is 9.97. The second kappa shape index (κ2) is 5.53.